The van der Waals surface area contributed by atoms with Crippen molar-refractivity contribution in [1.82, 2.24) is 14.9 Å². The summed E-state index contributed by atoms with van der Waals surface area (Å²) in [5.74, 6) is 5.23. The van der Waals surface area contributed by atoms with Crippen LogP contribution < -0.4 is 16.2 Å². The van der Waals surface area contributed by atoms with E-state index in [9.17, 15) is 9.50 Å². The number of halogens is 1. The average molecular weight is 284 g/mol. The fourth-order valence-corrected chi connectivity index (χ4v) is 2.31. The minimum atomic E-state index is -0.723. The number of nitrogens with two attached hydrogens (primary N) is 1. The van der Waals surface area contributed by atoms with E-state index in [4.69, 9.17) is 5.84 Å². The SMILES string of the molecule is CC(C)(O)CN1CCN(c2nc(NN)ncc2F)CC1. The highest BCUT2D eigenvalue weighted by Crippen LogP contribution is 2.19. The Morgan fingerprint density at radius 1 is 1.40 bits per heavy atom. The number of hydrazine groups is 1. The van der Waals surface area contributed by atoms with Crippen molar-refractivity contribution < 1.29 is 9.50 Å². The Labute approximate surface area is 117 Å². The molecule has 0 bridgehead atoms. The smallest absolute Gasteiger partial charge is 0.239 e. The molecule has 1 fully saturated rings. The zero-order valence-corrected chi connectivity index (χ0v) is 11.8. The number of piperazine rings is 1. The predicted octanol–water partition coefficient (Wildman–Crippen LogP) is -0.206. The molecule has 2 heterocycles. The summed E-state index contributed by atoms with van der Waals surface area (Å²) in [6, 6.07) is 0. The lowest BCUT2D eigenvalue weighted by molar-refractivity contribution is 0.0344. The molecule has 8 heteroatoms. The van der Waals surface area contributed by atoms with Crippen molar-refractivity contribution in [2.45, 2.75) is 19.4 Å². The summed E-state index contributed by atoms with van der Waals surface area (Å²) in [5.41, 5.74) is 1.59. The van der Waals surface area contributed by atoms with Crippen LogP contribution in [0.1, 0.15) is 13.8 Å². The second-order valence-electron chi connectivity index (χ2n) is 5.59. The lowest BCUT2D eigenvalue weighted by Gasteiger charge is -2.37. The lowest BCUT2D eigenvalue weighted by atomic mass is 10.1. The number of aliphatic hydroxyl groups is 1. The maximum Gasteiger partial charge on any atom is 0.239 e. The van der Waals surface area contributed by atoms with Crippen LogP contribution in [-0.4, -0.2) is 58.3 Å². The second kappa shape index (κ2) is 5.86. The maximum absolute atomic E-state index is 13.8. The molecule has 4 N–H and O–H groups in total. The third kappa shape index (κ3) is 3.75. The Hall–Kier alpha value is -1.51. The topological polar surface area (TPSA) is 90.5 Å². The molecule has 1 aliphatic heterocycles. The van der Waals surface area contributed by atoms with Crippen molar-refractivity contribution in [1.29, 1.82) is 0 Å². The third-order valence-electron chi connectivity index (χ3n) is 3.14. The summed E-state index contributed by atoms with van der Waals surface area (Å²) >= 11 is 0. The third-order valence-corrected chi connectivity index (χ3v) is 3.14. The normalized spacial score (nSPS) is 17.4. The summed E-state index contributed by atoms with van der Waals surface area (Å²) in [6.07, 6.45) is 1.11. The van der Waals surface area contributed by atoms with Crippen molar-refractivity contribution >= 4 is 11.8 Å². The van der Waals surface area contributed by atoms with Gasteiger partial charge in [-0.2, -0.15) is 4.98 Å². The zero-order valence-electron chi connectivity index (χ0n) is 11.8. The van der Waals surface area contributed by atoms with Gasteiger partial charge in [0.1, 0.15) is 0 Å². The quantitative estimate of drug-likeness (QED) is 0.521. The Morgan fingerprint density at radius 2 is 2.05 bits per heavy atom. The summed E-state index contributed by atoms with van der Waals surface area (Å²) in [4.78, 5) is 11.8. The maximum atomic E-state index is 13.8. The molecule has 0 atom stereocenters. The van der Waals surface area contributed by atoms with Crippen LogP contribution in [0.5, 0.6) is 0 Å². The van der Waals surface area contributed by atoms with E-state index in [0.29, 0.717) is 19.6 Å². The highest BCUT2D eigenvalue weighted by molar-refractivity contribution is 5.44. The van der Waals surface area contributed by atoms with Gasteiger partial charge >= 0.3 is 0 Å². The highest BCUT2D eigenvalue weighted by Gasteiger charge is 2.24. The van der Waals surface area contributed by atoms with Crippen molar-refractivity contribution in [3.05, 3.63) is 12.0 Å². The summed E-state index contributed by atoms with van der Waals surface area (Å²) in [6.45, 7) is 6.95. The minimum Gasteiger partial charge on any atom is -0.389 e. The molecule has 112 valence electrons. The first-order valence-electron chi connectivity index (χ1n) is 6.58. The van der Waals surface area contributed by atoms with Gasteiger partial charge in [0.25, 0.3) is 0 Å². The fraction of sp³-hybridized carbons (Fsp3) is 0.667. The molecule has 0 unspecified atom stereocenters. The molecule has 1 aromatic rings. The first-order valence-corrected chi connectivity index (χ1v) is 6.58. The Kier molecular flexibility index (Phi) is 4.36. The van der Waals surface area contributed by atoms with Crippen LogP contribution in [0, 0.1) is 5.82 Å². The van der Waals surface area contributed by atoms with Gasteiger partial charge in [0.05, 0.1) is 11.8 Å². The number of β-amino-alcohol motifs (C(OH)–C–C–N with tert-alkyl or cyclic N) is 1. The highest BCUT2D eigenvalue weighted by atomic mass is 19.1. The number of hydrogen-bond acceptors (Lipinski definition) is 7. The molecule has 2 rings (SSSR count). The van der Waals surface area contributed by atoms with Crippen LogP contribution in [-0.2, 0) is 0 Å². The van der Waals surface area contributed by atoms with Crippen molar-refractivity contribution in [3.8, 4) is 0 Å². The van der Waals surface area contributed by atoms with Gasteiger partial charge in [-0.25, -0.2) is 15.2 Å². The van der Waals surface area contributed by atoms with E-state index in [1.54, 1.807) is 13.8 Å². The van der Waals surface area contributed by atoms with Crippen LogP contribution in [0.3, 0.4) is 0 Å². The summed E-state index contributed by atoms with van der Waals surface area (Å²) in [5, 5.41) is 9.81. The largest absolute Gasteiger partial charge is 0.389 e. The molecule has 0 amide bonds. The second-order valence-corrected chi connectivity index (χ2v) is 5.59. The molecule has 1 saturated heterocycles. The number of nitrogens with zero attached hydrogens (tertiary/aromatic N) is 4. The number of hydrogen-bond donors (Lipinski definition) is 3. The van der Waals surface area contributed by atoms with E-state index < -0.39 is 11.4 Å². The average Bonchev–Trinajstić information content (AvgIpc) is 2.39. The van der Waals surface area contributed by atoms with Gasteiger partial charge in [-0.3, -0.25) is 10.3 Å². The number of anilines is 2. The van der Waals surface area contributed by atoms with Crippen molar-refractivity contribution in [3.63, 3.8) is 0 Å². The molecule has 0 aromatic carbocycles. The van der Waals surface area contributed by atoms with Gasteiger partial charge < -0.3 is 10.0 Å². The number of nitrogen functional groups attached to an aromatic ring is 1. The number of nitrogens with one attached hydrogen (secondary N) is 1. The van der Waals surface area contributed by atoms with Gasteiger partial charge in [-0.15, -0.1) is 0 Å². The van der Waals surface area contributed by atoms with Gasteiger partial charge in [-0.05, 0) is 13.8 Å². The lowest BCUT2D eigenvalue weighted by Crippen LogP contribution is -2.51. The molecular weight excluding hydrogens is 263 g/mol. The van der Waals surface area contributed by atoms with E-state index in [2.05, 4.69) is 20.3 Å². The number of aromatic nitrogens is 2. The van der Waals surface area contributed by atoms with Crippen LogP contribution in [0.2, 0.25) is 0 Å². The van der Waals surface area contributed by atoms with Crippen molar-refractivity contribution in [2.75, 3.05) is 43.0 Å². The van der Waals surface area contributed by atoms with E-state index in [1.807, 2.05) is 4.90 Å². The van der Waals surface area contributed by atoms with E-state index >= 15 is 0 Å². The first-order chi connectivity index (χ1) is 9.39. The molecule has 0 spiro atoms. The number of rotatable bonds is 4. The van der Waals surface area contributed by atoms with Crippen LogP contribution in [0.4, 0.5) is 16.2 Å². The van der Waals surface area contributed by atoms with Crippen LogP contribution >= 0.6 is 0 Å². The molecule has 1 aliphatic rings. The molecule has 1 aromatic heterocycles. The molecule has 0 radical (unpaired) electrons. The Morgan fingerprint density at radius 3 is 2.60 bits per heavy atom. The fourth-order valence-electron chi connectivity index (χ4n) is 2.31. The molecule has 0 aliphatic carbocycles. The Balaban J connectivity index is 2.00. The predicted molar refractivity (Wildman–Crippen MR) is 74.8 cm³/mol. The molecule has 0 saturated carbocycles. The van der Waals surface area contributed by atoms with Gasteiger partial charge in [0.2, 0.25) is 5.95 Å². The molecule has 20 heavy (non-hydrogen) atoms. The van der Waals surface area contributed by atoms with Crippen LogP contribution in [0.15, 0.2) is 6.20 Å². The zero-order chi connectivity index (χ0) is 14.8. The van der Waals surface area contributed by atoms with Crippen LogP contribution in [0.25, 0.3) is 0 Å². The minimum absolute atomic E-state index is 0.195. The summed E-state index contributed by atoms with van der Waals surface area (Å²) < 4.78 is 13.8. The summed E-state index contributed by atoms with van der Waals surface area (Å²) in [7, 11) is 0. The monoisotopic (exact) mass is 284 g/mol. The van der Waals surface area contributed by atoms with Gasteiger partial charge in [-0.1, -0.05) is 0 Å². The van der Waals surface area contributed by atoms with Gasteiger partial charge in [0.15, 0.2) is 11.6 Å². The first kappa shape index (κ1) is 14.9. The van der Waals surface area contributed by atoms with Gasteiger partial charge in [0, 0.05) is 32.7 Å². The van der Waals surface area contributed by atoms with Crippen molar-refractivity contribution in [2.24, 2.45) is 5.84 Å². The molecular formula is C12H21FN6O. The van der Waals surface area contributed by atoms with E-state index in [1.165, 1.54) is 0 Å². The standard InChI is InChI=1S/C12H21FN6O/c1-12(2,20)8-18-3-5-19(6-4-18)10-9(13)7-15-11(16-10)17-14/h7,20H,3-6,8,14H2,1-2H3,(H,15,16,17). The van der Waals surface area contributed by atoms with E-state index in [0.717, 1.165) is 19.3 Å². The van der Waals surface area contributed by atoms with E-state index in [-0.39, 0.29) is 11.8 Å². The molecule has 7 nitrogen and oxygen atoms in total. The Bertz CT molecular complexity index is 456.